The number of methoxy groups -OCH3 is 1. The molecule has 5 nitrogen and oxygen atoms in total. The molecule has 0 spiro atoms. The van der Waals surface area contributed by atoms with Crippen molar-refractivity contribution < 1.29 is 14.3 Å². The normalized spacial score (nSPS) is 11.8. The zero-order chi connectivity index (χ0) is 23.0. The Morgan fingerprint density at radius 3 is 2.23 bits per heavy atom. The fourth-order valence-corrected chi connectivity index (χ4v) is 3.52. The summed E-state index contributed by atoms with van der Waals surface area (Å²) in [5.41, 5.74) is 1.66. The molecule has 0 aliphatic carbocycles. The highest BCUT2D eigenvalue weighted by Gasteiger charge is 2.28. The summed E-state index contributed by atoms with van der Waals surface area (Å²) in [5.74, 6) is 0.760. The Hall–Kier alpha value is -2.24. The molecule has 1 atom stereocenters. The maximum atomic E-state index is 13.3. The molecule has 0 radical (unpaired) electrons. The van der Waals surface area contributed by atoms with Crippen molar-refractivity contribution >= 4 is 35.0 Å². The summed E-state index contributed by atoms with van der Waals surface area (Å²) in [6.07, 6.45) is 0.633. The zero-order valence-corrected chi connectivity index (χ0v) is 20.0. The molecule has 1 N–H and O–H groups in total. The molecule has 2 aromatic carbocycles. The zero-order valence-electron chi connectivity index (χ0n) is 18.5. The lowest BCUT2D eigenvalue weighted by Crippen LogP contribution is -2.50. The topological polar surface area (TPSA) is 58.6 Å². The van der Waals surface area contributed by atoms with Gasteiger partial charge in [-0.1, -0.05) is 62.2 Å². The van der Waals surface area contributed by atoms with Crippen molar-refractivity contribution in [2.24, 2.45) is 5.92 Å². The summed E-state index contributed by atoms with van der Waals surface area (Å²) < 4.78 is 5.21. The fourth-order valence-electron chi connectivity index (χ4n) is 3.20. The lowest BCUT2D eigenvalue weighted by molar-refractivity contribution is -0.141. The largest absolute Gasteiger partial charge is 0.497 e. The van der Waals surface area contributed by atoms with Gasteiger partial charge in [-0.2, -0.15) is 0 Å². The average Bonchev–Trinajstić information content (AvgIpc) is 2.75. The first kappa shape index (κ1) is 25.0. The summed E-state index contributed by atoms with van der Waals surface area (Å²) in [7, 11) is 1.61. The van der Waals surface area contributed by atoms with Gasteiger partial charge in [-0.05, 0) is 47.7 Å². The lowest BCUT2D eigenvalue weighted by Gasteiger charge is -2.31. The molecule has 0 aliphatic heterocycles. The molecule has 0 saturated heterocycles. The number of amides is 2. The van der Waals surface area contributed by atoms with Gasteiger partial charge < -0.3 is 15.0 Å². The number of halogens is 2. The molecule has 0 bridgehead atoms. The molecule has 2 amide bonds. The van der Waals surface area contributed by atoms with Crippen molar-refractivity contribution in [1.82, 2.24) is 10.2 Å². The van der Waals surface area contributed by atoms with Crippen LogP contribution in [0.5, 0.6) is 5.75 Å². The molecular weight excluding hydrogens is 435 g/mol. The van der Waals surface area contributed by atoms with Crippen LogP contribution in [0.25, 0.3) is 0 Å². The van der Waals surface area contributed by atoms with E-state index in [1.807, 2.05) is 45.0 Å². The number of carbonyl (C=O) groups excluding carboxylic acids is 2. The van der Waals surface area contributed by atoms with E-state index in [1.54, 1.807) is 30.2 Å². The summed E-state index contributed by atoms with van der Waals surface area (Å²) in [6.45, 7) is 6.86. The van der Waals surface area contributed by atoms with Crippen molar-refractivity contribution in [2.75, 3.05) is 13.7 Å². The second-order valence-corrected chi connectivity index (χ2v) is 8.67. The third-order valence-corrected chi connectivity index (χ3v) is 5.66. The Balaban J connectivity index is 2.28. The molecule has 0 aliphatic rings. The van der Waals surface area contributed by atoms with Crippen molar-refractivity contribution in [2.45, 2.75) is 46.2 Å². The number of carbonyl (C=O) groups is 2. The van der Waals surface area contributed by atoms with Crippen LogP contribution in [-0.4, -0.2) is 36.4 Å². The maximum absolute atomic E-state index is 13.3. The highest BCUT2D eigenvalue weighted by Crippen LogP contribution is 2.24. The van der Waals surface area contributed by atoms with E-state index >= 15 is 0 Å². The van der Waals surface area contributed by atoms with E-state index in [-0.39, 0.29) is 18.2 Å². The summed E-state index contributed by atoms with van der Waals surface area (Å²) in [6, 6.07) is 12.1. The van der Waals surface area contributed by atoms with Gasteiger partial charge in [0.15, 0.2) is 0 Å². The van der Waals surface area contributed by atoms with E-state index < -0.39 is 6.04 Å². The van der Waals surface area contributed by atoms with E-state index in [9.17, 15) is 9.59 Å². The first-order valence-corrected chi connectivity index (χ1v) is 11.1. The molecule has 0 heterocycles. The highest BCUT2D eigenvalue weighted by molar-refractivity contribution is 6.42. The van der Waals surface area contributed by atoms with Gasteiger partial charge in [0.25, 0.3) is 0 Å². The minimum atomic E-state index is -0.573. The Bertz CT molecular complexity index is 885. The van der Waals surface area contributed by atoms with Gasteiger partial charge in [-0.15, -0.1) is 0 Å². The average molecular weight is 465 g/mol. The molecule has 1 unspecified atom stereocenters. The molecule has 0 aromatic heterocycles. The lowest BCUT2D eigenvalue weighted by atomic mass is 10.1. The van der Waals surface area contributed by atoms with Crippen LogP contribution in [0.1, 0.15) is 38.3 Å². The van der Waals surface area contributed by atoms with Crippen LogP contribution in [-0.2, 0) is 22.6 Å². The van der Waals surface area contributed by atoms with E-state index in [4.69, 9.17) is 27.9 Å². The third kappa shape index (κ3) is 7.44. The third-order valence-electron chi connectivity index (χ3n) is 4.92. The Labute approximate surface area is 194 Å². The van der Waals surface area contributed by atoms with Gasteiger partial charge in [-0.25, -0.2) is 0 Å². The number of rotatable bonds is 10. The Kier molecular flexibility index (Phi) is 9.66. The number of hydrogen-bond acceptors (Lipinski definition) is 3. The molecule has 7 heteroatoms. The molecular formula is C24H30Cl2N2O3. The van der Waals surface area contributed by atoms with Gasteiger partial charge in [-0.3, -0.25) is 9.59 Å². The van der Waals surface area contributed by atoms with E-state index in [0.717, 1.165) is 16.9 Å². The van der Waals surface area contributed by atoms with Crippen LogP contribution in [0.3, 0.4) is 0 Å². The van der Waals surface area contributed by atoms with Gasteiger partial charge in [0, 0.05) is 13.1 Å². The number of nitrogens with one attached hydrogen (secondary N) is 1. The molecule has 2 rings (SSSR count). The van der Waals surface area contributed by atoms with E-state index in [1.165, 1.54) is 0 Å². The maximum Gasteiger partial charge on any atom is 0.242 e. The minimum Gasteiger partial charge on any atom is -0.497 e. The number of nitrogens with zero attached hydrogens (tertiary/aromatic N) is 1. The van der Waals surface area contributed by atoms with Crippen molar-refractivity contribution in [3.8, 4) is 5.75 Å². The second kappa shape index (κ2) is 12.0. The van der Waals surface area contributed by atoms with Crippen molar-refractivity contribution in [3.05, 3.63) is 63.6 Å². The second-order valence-electron chi connectivity index (χ2n) is 7.86. The minimum absolute atomic E-state index is 0.126. The quantitative estimate of drug-likeness (QED) is 0.530. The van der Waals surface area contributed by atoms with Crippen LogP contribution in [0.2, 0.25) is 10.0 Å². The standard InChI is InChI=1S/C24H30Cl2N2O3/c1-5-22(24(30)27-14-16(2)3)28(15-17-6-9-19(31-4)10-7-17)23(29)13-18-8-11-20(25)21(26)12-18/h6-12,16,22H,5,13-15H2,1-4H3,(H,27,30). The first-order chi connectivity index (χ1) is 14.7. The van der Waals surface area contributed by atoms with Crippen LogP contribution in [0, 0.1) is 5.92 Å². The molecule has 0 saturated carbocycles. The van der Waals surface area contributed by atoms with Gasteiger partial charge in [0.1, 0.15) is 11.8 Å². The Morgan fingerprint density at radius 1 is 1.03 bits per heavy atom. The van der Waals surface area contributed by atoms with Gasteiger partial charge in [0.05, 0.1) is 23.6 Å². The predicted molar refractivity (Wildman–Crippen MR) is 126 cm³/mol. The molecule has 0 fully saturated rings. The SMILES string of the molecule is CCC(C(=O)NCC(C)C)N(Cc1ccc(OC)cc1)C(=O)Cc1ccc(Cl)c(Cl)c1. The Morgan fingerprint density at radius 2 is 1.68 bits per heavy atom. The predicted octanol–water partition coefficient (Wildman–Crippen LogP) is 5.12. The summed E-state index contributed by atoms with van der Waals surface area (Å²) in [5, 5.41) is 3.80. The summed E-state index contributed by atoms with van der Waals surface area (Å²) >= 11 is 12.1. The van der Waals surface area contributed by atoms with Crippen LogP contribution in [0.15, 0.2) is 42.5 Å². The smallest absolute Gasteiger partial charge is 0.242 e. The van der Waals surface area contributed by atoms with Crippen LogP contribution >= 0.6 is 23.2 Å². The van der Waals surface area contributed by atoms with Gasteiger partial charge in [0.2, 0.25) is 11.8 Å². The summed E-state index contributed by atoms with van der Waals surface area (Å²) in [4.78, 5) is 27.9. The van der Waals surface area contributed by atoms with E-state index in [2.05, 4.69) is 5.32 Å². The van der Waals surface area contributed by atoms with Crippen LogP contribution in [0.4, 0.5) is 0 Å². The van der Waals surface area contributed by atoms with Crippen molar-refractivity contribution in [3.63, 3.8) is 0 Å². The molecule has 168 valence electrons. The molecule has 2 aromatic rings. The number of benzene rings is 2. The molecule has 31 heavy (non-hydrogen) atoms. The monoisotopic (exact) mass is 464 g/mol. The first-order valence-electron chi connectivity index (χ1n) is 10.4. The fraction of sp³-hybridized carbons (Fsp3) is 0.417. The number of ether oxygens (including phenoxy) is 1. The highest BCUT2D eigenvalue weighted by atomic mass is 35.5. The van der Waals surface area contributed by atoms with Crippen molar-refractivity contribution in [1.29, 1.82) is 0 Å². The van der Waals surface area contributed by atoms with E-state index in [0.29, 0.717) is 35.5 Å². The van der Waals surface area contributed by atoms with Gasteiger partial charge >= 0.3 is 0 Å². The van der Waals surface area contributed by atoms with Crippen LogP contribution < -0.4 is 10.1 Å². The number of hydrogen-bond donors (Lipinski definition) is 1.